The number of aryl methyl sites for hydroxylation is 1. The summed E-state index contributed by atoms with van der Waals surface area (Å²) in [6.45, 7) is 1.82. The summed E-state index contributed by atoms with van der Waals surface area (Å²) >= 11 is 0. The van der Waals surface area contributed by atoms with Gasteiger partial charge in [-0.25, -0.2) is 4.39 Å². The molecule has 3 heteroatoms. The van der Waals surface area contributed by atoms with Crippen LogP contribution in [0.2, 0.25) is 0 Å². The molecule has 0 saturated carbocycles. The third-order valence-corrected chi connectivity index (χ3v) is 2.81. The average Bonchev–Trinajstić information content (AvgIpc) is 2.38. The summed E-state index contributed by atoms with van der Waals surface area (Å²) in [5, 5.41) is 0. The second kappa shape index (κ2) is 5.00. The topological polar surface area (TPSA) is 26.3 Å². The number of ketones is 1. The molecule has 0 aliphatic carbocycles. The Morgan fingerprint density at radius 1 is 1.11 bits per heavy atom. The number of benzene rings is 2. The van der Waals surface area contributed by atoms with E-state index in [2.05, 4.69) is 0 Å². The van der Waals surface area contributed by atoms with Crippen molar-refractivity contribution in [3.05, 3.63) is 65.0 Å². The maximum absolute atomic E-state index is 13.8. The third-order valence-electron chi connectivity index (χ3n) is 2.81. The van der Waals surface area contributed by atoms with Gasteiger partial charge in [0.05, 0.1) is 7.11 Å². The fourth-order valence-corrected chi connectivity index (χ4v) is 1.86. The van der Waals surface area contributed by atoms with Crippen LogP contribution in [0.4, 0.5) is 4.39 Å². The Morgan fingerprint density at radius 2 is 1.83 bits per heavy atom. The minimum Gasteiger partial charge on any atom is -0.496 e. The molecule has 0 N–H and O–H groups in total. The molecule has 2 aromatic carbocycles. The summed E-state index contributed by atoms with van der Waals surface area (Å²) < 4.78 is 18.9. The van der Waals surface area contributed by atoms with Crippen LogP contribution in [-0.4, -0.2) is 12.9 Å². The molecule has 0 amide bonds. The SMILES string of the molecule is COc1cccc(F)c1C(=O)c1ccccc1C. The third kappa shape index (κ3) is 2.12. The van der Waals surface area contributed by atoms with Crippen molar-refractivity contribution in [2.24, 2.45) is 0 Å². The highest BCUT2D eigenvalue weighted by Crippen LogP contribution is 2.25. The van der Waals surface area contributed by atoms with E-state index in [0.717, 1.165) is 5.56 Å². The fourth-order valence-electron chi connectivity index (χ4n) is 1.86. The number of rotatable bonds is 3. The highest BCUT2D eigenvalue weighted by atomic mass is 19.1. The van der Waals surface area contributed by atoms with Gasteiger partial charge in [-0.3, -0.25) is 4.79 Å². The van der Waals surface area contributed by atoms with Gasteiger partial charge in [-0.1, -0.05) is 30.3 Å². The predicted octanol–water partition coefficient (Wildman–Crippen LogP) is 3.37. The number of carbonyl (C=O) groups is 1. The van der Waals surface area contributed by atoms with Gasteiger partial charge in [0.15, 0.2) is 5.78 Å². The summed E-state index contributed by atoms with van der Waals surface area (Å²) in [6.07, 6.45) is 0. The van der Waals surface area contributed by atoms with Crippen molar-refractivity contribution in [3.8, 4) is 5.75 Å². The number of carbonyl (C=O) groups excluding carboxylic acids is 1. The Kier molecular flexibility index (Phi) is 3.42. The van der Waals surface area contributed by atoms with Gasteiger partial charge in [0, 0.05) is 5.56 Å². The number of hydrogen-bond acceptors (Lipinski definition) is 2. The summed E-state index contributed by atoms with van der Waals surface area (Å²) in [5.74, 6) is -0.672. The molecule has 0 aliphatic heterocycles. The Bertz CT molecular complexity index is 591. The van der Waals surface area contributed by atoms with E-state index >= 15 is 0 Å². The Balaban J connectivity index is 2.56. The predicted molar refractivity (Wildman–Crippen MR) is 67.6 cm³/mol. The van der Waals surface area contributed by atoms with Crippen LogP contribution in [-0.2, 0) is 0 Å². The van der Waals surface area contributed by atoms with E-state index in [0.29, 0.717) is 5.56 Å². The minimum absolute atomic E-state index is 0.0192. The highest BCUT2D eigenvalue weighted by Gasteiger charge is 2.20. The maximum Gasteiger partial charge on any atom is 0.199 e. The Labute approximate surface area is 105 Å². The number of hydrogen-bond donors (Lipinski definition) is 0. The van der Waals surface area contributed by atoms with Gasteiger partial charge in [0.25, 0.3) is 0 Å². The molecule has 0 heterocycles. The largest absolute Gasteiger partial charge is 0.496 e. The number of halogens is 1. The van der Waals surface area contributed by atoms with Crippen LogP contribution in [0.3, 0.4) is 0 Å². The van der Waals surface area contributed by atoms with Crippen molar-refractivity contribution in [2.45, 2.75) is 6.92 Å². The zero-order valence-electron chi connectivity index (χ0n) is 10.2. The van der Waals surface area contributed by atoms with E-state index in [4.69, 9.17) is 4.74 Å². The molecule has 0 aromatic heterocycles. The molecule has 0 atom stereocenters. The lowest BCUT2D eigenvalue weighted by Crippen LogP contribution is -2.08. The Morgan fingerprint density at radius 3 is 2.50 bits per heavy atom. The molecule has 92 valence electrons. The first-order chi connectivity index (χ1) is 8.65. The highest BCUT2D eigenvalue weighted by molar-refractivity contribution is 6.11. The molecule has 2 rings (SSSR count). The van der Waals surface area contributed by atoms with Gasteiger partial charge in [-0.15, -0.1) is 0 Å². The van der Waals surface area contributed by atoms with Crippen LogP contribution in [0.25, 0.3) is 0 Å². The molecule has 0 unspecified atom stereocenters. The zero-order chi connectivity index (χ0) is 13.1. The second-order valence-corrected chi connectivity index (χ2v) is 3.96. The molecule has 0 fully saturated rings. The van der Waals surface area contributed by atoms with Crippen molar-refractivity contribution in [3.63, 3.8) is 0 Å². The number of ether oxygens (including phenoxy) is 1. The summed E-state index contributed by atoms with van der Waals surface area (Å²) in [4.78, 5) is 12.3. The summed E-state index contributed by atoms with van der Waals surface area (Å²) in [7, 11) is 1.42. The van der Waals surface area contributed by atoms with Gasteiger partial charge in [0.2, 0.25) is 0 Å². The van der Waals surface area contributed by atoms with E-state index in [-0.39, 0.29) is 17.1 Å². The lowest BCUT2D eigenvalue weighted by atomic mass is 9.98. The van der Waals surface area contributed by atoms with Crippen molar-refractivity contribution < 1.29 is 13.9 Å². The van der Waals surface area contributed by atoms with Crippen LogP contribution < -0.4 is 4.74 Å². The average molecular weight is 244 g/mol. The van der Waals surface area contributed by atoms with Crippen molar-refractivity contribution in [1.82, 2.24) is 0 Å². The van der Waals surface area contributed by atoms with Gasteiger partial charge < -0.3 is 4.74 Å². The summed E-state index contributed by atoms with van der Waals surface area (Å²) in [6, 6.07) is 11.5. The van der Waals surface area contributed by atoms with E-state index < -0.39 is 5.82 Å². The van der Waals surface area contributed by atoms with Gasteiger partial charge in [0.1, 0.15) is 17.1 Å². The maximum atomic E-state index is 13.8. The molecule has 0 aliphatic rings. The van der Waals surface area contributed by atoms with Crippen LogP contribution in [0.1, 0.15) is 21.5 Å². The van der Waals surface area contributed by atoms with Crippen LogP contribution in [0.15, 0.2) is 42.5 Å². The quantitative estimate of drug-likeness (QED) is 0.774. The Hall–Kier alpha value is -2.16. The zero-order valence-corrected chi connectivity index (χ0v) is 10.2. The molecule has 0 spiro atoms. The lowest BCUT2D eigenvalue weighted by Gasteiger charge is -2.10. The molecule has 0 bridgehead atoms. The lowest BCUT2D eigenvalue weighted by molar-refractivity contribution is 0.103. The standard InChI is InChI=1S/C15H13FO2/c1-10-6-3-4-7-11(10)15(17)14-12(16)8-5-9-13(14)18-2/h3-9H,1-2H3. The molecule has 2 nitrogen and oxygen atoms in total. The van der Waals surface area contributed by atoms with Crippen molar-refractivity contribution >= 4 is 5.78 Å². The first kappa shape index (κ1) is 12.3. The van der Waals surface area contributed by atoms with Crippen LogP contribution in [0.5, 0.6) is 5.75 Å². The van der Waals surface area contributed by atoms with Gasteiger partial charge in [-0.2, -0.15) is 0 Å². The van der Waals surface area contributed by atoms with E-state index in [1.54, 1.807) is 18.2 Å². The van der Waals surface area contributed by atoms with E-state index in [9.17, 15) is 9.18 Å². The molecule has 18 heavy (non-hydrogen) atoms. The van der Waals surface area contributed by atoms with Crippen molar-refractivity contribution in [1.29, 1.82) is 0 Å². The number of methoxy groups -OCH3 is 1. The normalized spacial score (nSPS) is 10.2. The molecule has 2 aromatic rings. The van der Waals surface area contributed by atoms with Crippen LogP contribution >= 0.6 is 0 Å². The first-order valence-corrected chi connectivity index (χ1v) is 5.58. The van der Waals surface area contributed by atoms with E-state index in [1.807, 2.05) is 19.1 Å². The molecular formula is C15H13FO2. The molecule has 0 radical (unpaired) electrons. The van der Waals surface area contributed by atoms with E-state index in [1.165, 1.54) is 19.2 Å². The van der Waals surface area contributed by atoms with Gasteiger partial charge in [-0.05, 0) is 24.6 Å². The summed E-state index contributed by atoms with van der Waals surface area (Å²) in [5.41, 5.74) is 1.28. The van der Waals surface area contributed by atoms with Gasteiger partial charge >= 0.3 is 0 Å². The second-order valence-electron chi connectivity index (χ2n) is 3.96. The monoisotopic (exact) mass is 244 g/mol. The van der Waals surface area contributed by atoms with Crippen LogP contribution in [0, 0.1) is 12.7 Å². The molecule has 0 saturated heterocycles. The molecular weight excluding hydrogens is 231 g/mol. The fraction of sp³-hybridized carbons (Fsp3) is 0.133. The van der Waals surface area contributed by atoms with Crippen molar-refractivity contribution in [2.75, 3.05) is 7.11 Å². The smallest absolute Gasteiger partial charge is 0.199 e. The first-order valence-electron chi connectivity index (χ1n) is 5.58. The minimum atomic E-state index is -0.567.